The predicted molar refractivity (Wildman–Crippen MR) is 114 cm³/mol. The molecule has 4 rings (SSSR count). The number of benzene rings is 1. The molecule has 6 heteroatoms. The summed E-state index contributed by atoms with van der Waals surface area (Å²) in [5.41, 5.74) is 5.33. The monoisotopic (exact) mass is 389 g/mol. The van der Waals surface area contributed by atoms with E-state index in [2.05, 4.69) is 42.1 Å². The molecule has 0 bridgehead atoms. The van der Waals surface area contributed by atoms with Gasteiger partial charge in [-0.15, -0.1) is 5.10 Å². The van der Waals surface area contributed by atoms with Crippen LogP contribution in [0.1, 0.15) is 60.2 Å². The summed E-state index contributed by atoms with van der Waals surface area (Å²) in [5, 5.41) is 8.21. The number of aryl methyl sites for hydroxylation is 3. The molecule has 0 unspecified atom stereocenters. The van der Waals surface area contributed by atoms with Crippen LogP contribution in [0.3, 0.4) is 0 Å². The molecule has 1 N–H and O–H groups in total. The Balaban J connectivity index is 1.89. The summed E-state index contributed by atoms with van der Waals surface area (Å²) < 4.78 is 1.75. The summed E-state index contributed by atoms with van der Waals surface area (Å²) >= 11 is 0. The van der Waals surface area contributed by atoms with Crippen LogP contribution in [0.5, 0.6) is 0 Å². The van der Waals surface area contributed by atoms with E-state index in [1.807, 2.05) is 38.1 Å². The number of carbonyl (C=O) groups is 1. The Kier molecular flexibility index (Phi) is 4.73. The van der Waals surface area contributed by atoms with Gasteiger partial charge in [-0.05, 0) is 49.8 Å². The van der Waals surface area contributed by atoms with E-state index in [1.54, 1.807) is 4.68 Å². The van der Waals surface area contributed by atoms with Gasteiger partial charge in [0, 0.05) is 23.5 Å². The molecule has 0 atom stereocenters. The molecule has 0 amide bonds. The van der Waals surface area contributed by atoms with Crippen molar-refractivity contribution in [2.75, 3.05) is 5.32 Å². The number of nitrogens with one attached hydrogen (secondary N) is 1. The Morgan fingerprint density at radius 2 is 1.79 bits per heavy atom. The number of fused-ring (bicyclic) bond motifs is 1. The lowest BCUT2D eigenvalue weighted by Crippen LogP contribution is -2.28. The Hall–Kier alpha value is -3.02. The summed E-state index contributed by atoms with van der Waals surface area (Å²) in [4.78, 5) is 22.3. The van der Waals surface area contributed by atoms with Gasteiger partial charge in [0.15, 0.2) is 11.6 Å². The van der Waals surface area contributed by atoms with E-state index < -0.39 is 0 Å². The lowest BCUT2D eigenvalue weighted by Gasteiger charge is -2.28. The molecule has 2 aromatic heterocycles. The minimum atomic E-state index is -0.126. The lowest BCUT2D eigenvalue weighted by molar-refractivity contribution is 0.0911. The van der Waals surface area contributed by atoms with Gasteiger partial charge in [-0.25, -0.2) is 14.6 Å². The van der Waals surface area contributed by atoms with Gasteiger partial charge >= 0.3 is 0 Å². The van der Waals surface area contributed by atoms with Crippen LogP contribution in [0, 0.1) is 19.3 Å². The number of nitrogens with zero attached hydrogens (tertiary/aromatic N) is 4. The summed E-state index contributed by atoms with van der Waals surface area (Å²) in [6.45, 7) is 10.2. The van der Waals surface area contributed by atoms with E-state index in [1.165, 1.54) is 5.56 Å². The topological polar surface area (TPSA) is 72.7 Å². The van der Waals surface area contributed by atoms with Crippen molar-refractivity contribution in [1.82, 2.24) is 19.7 Å². The fourth-order valence-electron chi connectivity index (χ4n) is 4.08. The van der Waals surface area contributed by atoms with E-state index in [-0.39, 0.29) is 11.2 Å². The van der Waals surface area contributed by atoms with Crippen LogP contribution < -0.4 is 5.32 Å². The highest BCUT2D eigenvalue weighted by Crippen LogP contribution is 2.39. The molecule has 3 aromatic rings. The van der Waals surface area contributed by atoms with Gasteiger partial charge in [0.2, 0.25) is 0 Å². The molecule has 6 nitrogen and oxygen atoms in total. The van der Waals surface area contributed by atoms with E-state index in [0.717, 1.165) is 35.6 Å². The molecular formula is C23H27N5O. The Morgan fingerprint density at radius 3 is 2.48 bits per heavy atom. The van der Waals surface area contributed by atoms with Gasteiger partial charge in [-0.3, -0.25) is 4.79 Å². The van der Waals surface area contributed by atoms with Gasteiger partial charge in [-0.1, -0.05) is 39.0 Å². The van der Waals surface area contributed by atoms with Crippen LogP contribution in [0.15, 0.2) is 30.3 Å². The molecule has 2 heterocycles. The molecule has 150 valence electrons. The summed E-state index contributed by atoms with van der Waals surface area (Å²) in [5.74, 6) is 1.22. The zero-order valence-corrected chi connectivity index (χ0v) is 17.7. The van der Waals surface area contributed by atoms with Gasteiger partial charge in [-0.2, -0.15) is 0 Å². The maximum absolute atomic E-state index is 13.1. The summed E-state index contributed by atoms with van der Waals surface area (Å²) in [6.07, 6.45) is 2.14. The van der Waals surface area contributed by atoms with Crippen LogP contribution in [0.2, 0.25) is 0 Å². The third kappa shape index (κ3) is 3.67. The first kappa shape index (κ1) is 19.3. The van der Waals surface area contributed by atoms with Crippen LogP contribution in [0.25, 0.3) is 5.95 Å². The van der Waals surface area contributed by atoms with Crippen LogP contribution in [-0.4, -0.2) is 25.5 Å². The number of para-hydroxylation sites is 1. The second-order valence-electron chi connectivity index (χ2n) is 8.61. The van der Waals surface area contributed by atoms with Crippen molar-refractivity contribution in [2.45, 2.75) is 53.9 Å². The number of Topliss-reactive ketones (excluding diaryl/α,β-unsaturated/α-hetero) is 1. The first-order valence-corrected chi connectivity index (χ1v) is 10.1. The van der Waals surface area contributed by atoms with E-state index in [9.17, 15) is 4.79 Å². The van der Waals surface area contributed by atoms with Crippen LogP contribution in [0.4, 0.5) is 11.5 Å². The van der Waals surface area contributed by atoms with Crippen molar-refractivity contribution in [2.24, 2.45) is 5.41 Å². The van der Waals surface area contributed by atoms with Gasteiger partial charge < -0.3 is 5.32 Å². The Labute approximate surface area is 171 Å². The fraction of sp³-hybridized carbons (Fsp3) is 0.391. The van der Waals surface area contributed by atoms with Gasteiger partial charge in [0.25, 0.3) is 5.95 Å². The maximum Gasteiger partial charge on any atom is 0.251 e. The number of rotatable bonds is 4. The summed E-state index contributed by atoms with van der Waals surface area (Å²) in [6, 6.07) is 10.1. The average Bonchev–Trinajstić information content (AvgIpc) is 2.98. The molecule has 1 aromatic carbocycles. The molecule has 0 aliphatic heterocycles. The summed E-state index contributed by atoms with van der Waals surface area (Å²) in [7, 11) is 0. The predicted octanol–water partition coefficient (Wildman–Crippen LogP) is 4.74. The van der Waals surface area contributed by atoms with Crippen molar-refractivity contribution in [3.63, 3.8) is 0 Å². The molecular weight excluding hydrogens is 362 g/mol. The molecule has 1 aliphatic carbocycles. The lowest BCUT2D eigenvalue weighted by atomic mass is 9.76. The molecule has 0 spiro atoms. The number of hydrogen-bond acceptors (Lipinski definition) is 5. The van der Waals surface area contributed by atoms with Gasteiger partial charge in [0.05, 0.1) is 11.3 Å². The molecule has 1 aliphatic rings. The van der Waals surface area contributed by atoms with Crippen molar-refractivity contribution in [3.05, 3.63) is 58.5 Å². The largest absolute Gasteiger partial charge is 0.338 e. The minimum absolute atomic E-state index is 0.114. The highest BCUT2D eigenvalue weighted by Gasteiger charge is 2.37. The highest BCUT2D eigenvalue weighted by molar-refractivity contribution is 6.03. The van der Waals surface area contributed by atoms with Crippen molar-refractivity contribution in [1.29, 1.82) is 0 Å². The number of aromatic nitrogens is 4. The fourth-order valence-corrected chi connectivity index (χ4v) is 4.08. The van der Waals surface area contributed by atoms with Crippen molar-refractivity contribution in [3.8, 4) is 5.95 Å². The second-order valence-corrected chi connectivity index (χ2v) is 8.61. The molecule has 0 saturated heterocycles. The molecule has 29 heavy (non-hydrogen) atoms. The van der Waals surface area contributed by atoms with Crippen molar-refractivity contribution >= 4 is 17.3 Å². The number of anilines is 2. The van der Waals surface area contributed by atoms with Crippen molar-refractivity contribution < 1.29 is 4.79 Å². The van der Waals surface area contributed by atoms with E-state index in [0.29, 0.717) is 23.8 Å². The SMILES string of the molecule is CCc1ccccc1Nc1nn(-c2nc(C)cc(C)n2)c2c1C(=O)CC(C)(C)C2. The smallest absolute Gasteiger partial charge is 0.251 e. The zero-order valence-electron chi connectivity index (χ0n) is 17.7. The van der Waals surface area contributed by atoms with Crippen LogP contribution in [-0.2, 0) is 12.8 Å². The third-order valence-electron chi connectivity index (χ3n) is 5.36. The quantitative estimate of drug-likeness (QED) is 0.698. The molecule has 0 fully saturated rings. The van der Waals surface area contributed by atoms with E-state index in [4.69, 9.17) is 5.10 Å². The Bertz CT molecular complexity index is 1080. The molecule has 0 saturated carbocycles. The van der Waals surface area contributed by atoms with Crippen LogP contribution >= 0.6 is 0 Å². The molecule has 0 radical (unpaired) electrons. The number of carbonyl (C=O) groups excluding carboxylic acids is 1. The zero-order chi connectivity index (χ0) is 20.8. The maximum atomic E-state index is 13.1. The first-order chi connectivity index (χ1) is 13.8. The third-order valence-corrected chi connectivity index (χ3v) is 5.36. The van der Waals surface area contributed by atoms with Gasteiger partial charge in [0.1, 0.15) is 0 Å². The highest BCUT2D eigenvalue weighted by atomic mass is 16.1. The number of hydrogen-bond donors (Lipinski definition) is 1. The standard InChI is InChI=1S/C23H27N5O/c1-6-16-9-7-8-10-17(16)26-21-20-18(12-23(4,5)13-19(20)29)28(27-21)22-24-14(2)11-15(3)25-22/h7-11H,6,12-13H2,1-5H3,(H,26,27). The first-order valence-electron chi connectivity index (χ1n) is 10.1. The Morgan fingerprint density at radius 1 is 1.10 bits per heavy atom. The normalized spacial score (nSPS) is 15.3. The average molecular weight is 390 g/mol. The minimum Gasteiger partial charge on any atom is -0.338 e. The van der Waals surface area contributed by atoms with E-state index >= 15 is 0 Å². The second kappa shape index (κ2) is 7.10. The number of ketones is 1.